The molecule has 8 heteroatoms. The summed E-state index contributed by atoms with van der Waals surface area (Å²) >= 11 is 0. The van der Waals surface area contributed by atoms with Crippen LogP contribution in [0.2, 0.25) is 0 Å². The molecule has 0 spiro atoms. The molecular formula is C16H20N6O2. The Kier molecular flexibility index (Phi) is 4.74. The summed E-state index contributed by atoms with van der Waals surface area (Å²) in [6, 6.07) is 5.07. The van der Waals surface area contributed by atoms with Gasteiger partial charge in [0.1, 0.15) is 0 Å². The van der Waals surface area contributed by atoms with E-state index in [4.69, 9.17) is 5.73 Å². The summed E-state index contributed by atoms with van der Waals surface area (Å²) in [6.45, 7) is 1.35. The molecular weight excluding hydrogens is 308 g/mol. The van der Waals surface area contributed by atoms with Gasteiger partial charge in [0.15, 0.2) is 5.82 Å². The van der Waals surface area contributed by atoms with Gasteiger partial charge in [0.25, 0.3) is 0 Å². The summed E-state index contributed by atoms with van der Waals surface area (Å²) in [5.74, 6) is 0.387. The molecule has 8 nitrogen and oxygen atoms in total. The predicted molar refractivity (Wildman–Crippen MR) is 87.1 cm³/mol. The monoisotopic (exact) mass is 328 g/mol. The van der Waals surface area contributed by atoms with Crippen LogP contribution in [0.3, 0.4) is 0 Å². The molecule has 1 atom stereocenters. The van der Waals surface area contributed by atoms with E-state index in [1.807, 2.05) is 18.2 Å². The molecule has 1 aliphatic heterocycles. The van der Waals surface area contributed by atoms with Gasteiger partial charge in [-0.25, -0.2) is 14.5 Å². The molecule has 3 amide bonds. The smallest absolute Gasteiger partial charge is 0.314 e. The zero-order valence-electron chi connectivity index (χ0n) is 13.3. The van der Waals surface area contributed by atoms with E-state index in [-0.39, 0.29) is 11.8 Å². The Balaban J connectivity index is 1.64. The van der Waals surface area contributed by atoms with Crippen molar-refractivity contribution < 1.29 is 9.59 Å². The van der Waals surface area contributed by atoms with Crippen LogP contribution in [0.15, 0.2) is 36.8 Å². The van der Waals surface area contributed by atoms with E-state index in [0.29, 0.717) is 25.5 Å². The number of pyridine rings is 1. The van der Waals surface area contributed by atoms with Crippen molar-refractivity contribution in [2.45, 2.75) is 19.4 Å². The second-order valence-electron chi connectivity index (χ2n) is 5.78. The molecule has 0 bridgehead atoms. The maximum Gasteiger partial charge on any atom is 0.314 e. The number of carbonyl (C=O) groups is 2. The standard InChI is InChI=1S/C16H20N6O2/c17-16(24)21-8-2-5-13(11-21)15(23)19-10-12-4-1-6-18-14(12)22-9-3-7-20-22/h1,3-4,6-7,9,13H,2,5,8,10-11H2,(H2,17,24)(H,19,23). The van der Waals surface area contributed by atoms with Gasteiger partial charge in [-0.15, -0.1) is 0 Å². The molecule has 126 valence electrons. The molecule has 3 rings (SSSR count). The van der Waals surface area contributed by atoms with Gasteiger partial charge < -0.3 is 16.0 Å². The number of carbonyl (C=O) groups excluding carboxylic acids is 2. The van der Waals surface area contributed by atoms with Crippen LogP contribution in [0.25, 0.3) is 5.82 Å². The van der Waals surface area contributed by atoms with E-state index in [2.05, 4.69) is 15.4 Å². The highest BCUT2D eigenvalue weighted by atomic mass is 16.2. The fraction of sp³-hybridized carbons (Fsp3) is 0.375. The molecule has 1 saturated heterocycles. The summed E-state index contributed by atoms with van der Waals surface area (Å²) < 4.78 is 1.66. The Morgan fingerprint density at radius 2 is 2.21 bits per heavy atom. The summed E-state index contributed by atoms with van der Waals surface area (Å²) in [7, 11) is 0. The van der Waals surface area contributed by atoms with Crippen molar-refractivity contribution in [1.29, 1.82) is 0 Å². The SMILES string of the molecule is NC(=O)N1CCCC(C(=O)NCc2cccnc2-n2cccn2)C1. The number of urea groups is 1. The highest BCUT2D eigenvalue weighted by Crippen LogP contribution is 2.17. The average molecular weight is 328 g/mol. The van der Waals surface area contributed by atoms with E-state index in [0.717, 1.165) is 18.4 Å². The molecule has 2 aromatic heterocycles. The molecule has 0 saturated carbocycles. The first kappa shape index (κ1) is 16.0. The van der Waals surface area contributed by atoms with Crippen LogP contribution < -0.4 is 11.1 Å². The van der Waals surface area contributed by atoms with Crippen LogP contribution in [0.5, 0.6) is 0 Å². The summed E-state index contributed by atoms with van der Waals surface area (Å²) in [6.07, 6.45) is 6.71. The topological polar surface area (TPSA) is 106 Å². The van der Waals surface area contributed by atoms with Crippen LogP contribution in [0.4, 0.5) is 4.79 Å². The zero-order chi connectivity index (χ0) is 16.9. The van der Waals surface area contributed by atoms with Gasteiger partial charge in [0.2, 0.25) is 5.91 Å². The second-order valence-corrected chi connectivity index (χ2v) is 5.78. The molecule has 3 N–H and O–H groups in total. The molecule has 2 aromatic rings. The van der Waals surface area contributed by atoms with Gasteiger partial charge in [-0.3, -0.25) is 4.79 Å². The fourth-order valence-corrected chi connectivity index (χ4v) is 2.89. The number of nitrogens with one attached hydrogen (secondary N) is 1. The van der Waals surface area contributed by atoms with Crippen LogP contribution in [0.1, 0.15) is 18.4 Å². The number of aromatic nitrogens is 3. The molecule has 3 heterocycles. The first-order chi connectivity index (χ1) is 11.6. The Labute approximate surface area is 139 Å². The third kappa shape index (κ3) is 3.53. The van der Waals surface area contributed by atoms with Crippen LogP contribution in [0, 0.1) is 5.92 Å². The van der Waals surface area contributed by atoms with Gasteiger partial charge in [0.05, 0.1) is 5.92 Å². The molecule has 1 unspecified atom stereocenters. The Hall–Kier alpha value is -2.90. The number of amides is 3. The lowest BCUT2D eigenvalue weighted by atomic mass is 9.97. The van der Waals surface area contributed by atoms with Gasteiger partial charge in [-0.1, -0.05) is 6.07 Å². The quantitative estimate of drug-likeness (QED) is 0.860. The fourth-order valence-electron chi connectivity index (χ4n) is 2.89. The molecule has 0 aromatic carbocycles. The number of primary amides is 1. The van der Waals surface area contributed by atoms with Crippen molar-refractivity contribution in [2.24, 2.45) is 11.7 Å². The predicted octanol–water partition coefficient (Wildman–Crippen LogP) is 0.674. The zero-order valence-corrected chi connectivity index (χ0v) is 13.3. The minimum absolute atomic E-state index is 0.0729. The van der Waals surface area contributed by atoms with E-state index < -0.39 is 6.03 Å². The molecule has 0 radical (unpaired) electrons. The van der Waals surface area contributed by atoms with Crippen molar-refractivity contribution in [3.8, 4) is 5.82 Å². The van der Waals surface area contributed by atoms with E-state index in [1.54, 1.807) is 23.3 Å². The van der Waals surface area contributed by atoms with Crippen molar-refractivity contribution in [2.75, 3.05) is 13.1 Å². The van der Waals surface area contributed by atoms with Gasteiger partial charge in [-0.05, 0) is 25.0 Å². The Morgan fingerprint density at radius 3 is 2.96 bits per heavy atom. The maximum atomic E-state index is 12.4. The lowest BCUT2D eigenvalue weighted by Crippen LogP contribution is -2.47. The van der Waals surface area contributed by atoms with Crippen molar-refractivity contribution in [1.82, 2.24) is 25.0 Å². The van der Waals surface area contributed by atoms with E-state index >= 15 is 0 Å². The lowest BCUT2D eigenvalue weighted by Gasteiger charge is -2.30. The Bertz CT molecular complexity index is 715. The molecule has 1 aliphatic rings. The highest BCUT2D eigenvalue weighted by Gasteiger charge is 2.27. The van der Waals surface area contributed by atoms with Gasteiger partial charge >= 0.3 is 6.03 Å². The number of hydrogen-bond donors (Lipinski definition) is 2. The lowest BCUT2D eigenvalue weighted by molar-refractivity contribution is -0.126. The average Bonchev–Trinajstić information content (AvgIpc) is 3.14. The van der Waals surface area contributed by atoms with Crippen molar-refractivity contribution in [3.63, 3.8) is 0 Å². The second kappa shape index (κ2) is 7.12. The van der Waals surface area contributed by atoms with Crippen LogP contribution in [-0.4, -0.2) is 44.7 Å². The number of hydrogen-bond acceptors (Lipinski definition) is 4. The van der Waals surface area contributed by atoms with Crippen molar-refractivity contribution in [3.05, 3.63) is 42.4 Å². The minimum atomic E-state index is -0.472. The minimum Gasteiger partial charge on any atom is -0.352 e. The summed E-state index contributed by atoms with van der Waals surface area (Å²) in [5, 5.41) is 7.11. The van der Waals surface area contributed by atoms with Crippen LogP contribution >= 0.6 is 0 Å². The number of nitrogens with zero attached hydrogens (tertiary/aromatic N) is 4. The highest BCUT2D eigenvalue weighted by molar-refractivity contribution is 5.80. The number of rotatable bonds is 4. The Morgan fingerprint density at radius 1 is 1.33 bits per heavy atom. The number of piperidine rings is 1. The van der Waals surface area contributed by atoms with Gasteiger partial charge in [0, 0.05) is 43.8 Å². The summed E-state index contributed by atoms with van der Waals surface area (Å²) in [4.78, 5) is 29.5. The maximum absolute atomic E-state index is 12.4. The third-order valence-electron chi connectivity index (χ3n) is 4.15. The summed E-state index contributed by atoms with van der Waals surface area (Å²) in [5.41, 5.74) is 6.18. The largest absolute Gasteiger partial charge is 0.352 e. The van der Waals surface area contributed by atoms with Gasteiger partial charge in [-0.2, -0.15) is 5.10 Å². The van der Waals surface area contributed by atoms with Crippen LogP contribution in [-0.2, 0) is 11.3 Å². The first-order valence-electron chi connectivity index (χ1n) is 7.91. The van der Waals surface area contributed by atoms with E-state index in [1.165, 1.54) is 4.90 Å². The number of likely N-dealkylation sites (tertiary alicyclic amines) is 1. The number of nitrogens with two attached hydrogens (primary N) is 1. The third-order valence-corrected chi connectivity index (χ3v) is 4.15. The normalized spacial score (nSPS) is 17.5. The van der Waals surface area contributed by atoms with Crippen molar-refractivity contribution >= 4 is 11.9 Å². The molecule has 0 aliphatic carbocycles. The molecule has 24 heavy (non-hydrogen) atoms. The van der Waals surface area contributed by atoms with E-state index in [9.17, 15) is 9.59 Å². The first-order valence-corrected chi connectivity index (χ1v) is 7.91. The molecule has 1 fully saturated rings.